The molecule has 4 heterocycles. The van der Waals surface area contributed by atoms with Crippen LogP contribution >= 0.6 is 0 Å². The summed E-state index contributed by atoms with van der Waals surface area (Å²) in [6.45, 7) is 6.41. The molecule has 0 saturated heterocycles. The van der Waals surface area contributed by atoms with E-state index < -0.39 is 0 Å². The normalized spacial score (nSPS) is 18.2. The summed E-state index contributed by atoms with van der Waals surface area (Å²) in [5.74, 6) is 2.62. The van der Waals surface area contributed by atoms with Gasteiger partial charge < -0.3 is 14.3 Å². The van der Waals surface area contributed by atoms with Gasteiger partial charge in [-0.05, 0) is 68.5 Å². The maximum Gasteiger partial charge on any atom is 0.110 e. The summed E-state index contributed by atoms with van der Waals surface area (Å²) in [6.07, 6.45) is 9.70. The molecular formula is C36H33IrN3O-2. The number of nitrogens with zero attached hydrogens (tertiary/aromatic N) is 3. The molecule has 1 unspecified atom stereocenters. The molecule has 0 N–H and O–H groups in total. The number of imidazole rings is 1. The number of benzene rings is 3. The average Bonchev–Trinajstić information content (AvgIpc) is 3.65. The van der Waals surface area contributed by atoms with Crippen LogP contribution in [0.1, 0.15) is 63.6 Å². The molecule has 0 spiro atoms. The molecule has 8 rings (SSSR count). The molecule has 3 aliphatic rings. The predicted molar refractivity (Wildman–Crippen MR) is 161 cm³/mol. The summed E-state index contributed by atoms with van der Waals surface area (Å²) in [4.78, 5) is 9.41. The van der Waals surface area contributed by atoms with E-state index in [2.05, 4.69) is 84.9 Å². The zero-order valence-corrected chi connectivity index (χ0v) is 26.0. The van der Waals surface area contributed by atoms with Crippen LogP contribution in [-0.2, 0) is 25.7 Å². The van der Waals surface area contributed by atoms with Gasteiger partial charge in [-0.2, -0.15) is 0 Å². The van der Waals surface area contributed by atoms with Gasteiger partial charge >= 0.3 is 0 Å². The second-order valence-electron chi connectivity index (χ2n) is 11.5. The summed E-state index contributed by atoms with van der Waals surface area (Å²) in [5, 5.41) is 0. The van der Waals surface area contributed by atoms with Gasteiger partial charge in [0.25, 0.3) is 0 Å². The van der Waals surface area contributed by atoms with Gasteiger partial charge in [0.05, 0.1) is 16.9 Å². The van der Waals surface area contributed by atoms with Crippen LogP contribution in [0.2, 0.25) is 0 Å². The Morgan fingerprint density at radius 1 is 0.927 bits per heavy atom. The van der Waals surface area contributed by atoms with E-state index in [1.165, 1.54) is 36.8 Å². The van der Waals surface area contributed by atoms with E-state index in [0.717, 1.165) is 45.4 Å². The minimum absolute atomic E-state index is 0. The van der Waals surface area contributed by atoms with Crippen molar-refractivity contribution in [2.45, 2.75) is 58.1 Å². The first kappa shape index (κ1) is 27.6. The van der Waals surface area contributed by atoms with E-state index >= 15 is 0 Å². The smallest absolute Gasteiger partial charge is 0.110 e. The summed E-state index contributed by atoms with van der Waals surface area (Å²) >= 11 is 0. The summed E-state index contributed by atoms with van der Waals surface area (Å²) in [7, 11) is 0. The molecule has 0 bridgehead atoms. The van der Waals surface area contributed by atoms with E-state index in [0.29, 0.717) is 6.04 Å². The Morgan fingerprint density at radius 3 is 2.56 bits per heavy atom. The fourth-order valence-corrected chi connectivity index (χ4v) is 6.63. The zero-order chi connectivity index (χ0) is 27.3. The Labute approximate surface area is 255 Å². The summed E-state index contributed by atoms with van der Waals surface area (Å²) < 4.78 is 8.37. The molecule has 1 atom stereocenters. The average molecular weight is 716 g/mol. The van der Waals surface area contributed by atoms with Crippen molar-refractivity contribution in [3.8, 4) is 28.4 Å². The van der Waals surface area contributed by atoms with E-state index in [1.807, 2.05) is 42.6 Å². The first-order chi connectivity index (χ1) is 19.5. The maximum absolute atomic E-state index is 5.97. The Kier molecular flexibility index (Phi) is 7.44. The zero-order valence-electron chi connectivity index (χ0n) is 23.6. The second-order valence-corrected chi connectivity index (χ2v) is 11.5. The maximum atomic E-state index is 5.97. The number of rotatable bonds is 2. The van der Waals surface area contributed by atoms with Crippen molar-refractivity contribution in [1.82, 2.24) is 14.5 Å². The standard InChI is InChI=1S/C22H21N2.C14H12NO.Ir/c1-15-14-19(16-8-5-6-9-16)18-12-7-13-20-21(18)24(15)22(23-20)17-10-3-2-4-11-17;1-14(2)11-7-5-9-15-13(11)10-6-3-4-8-12(10)16-14;/h2-4,7,10,12-16H,5-6,8-9H2,1H3;3-5,7-9H,1-2H3;/q2*-1;. The van der Waals surface area contributed by atoms with E-state index in [9.17, 15) is 0 Å². The first-order valence-corrected chi connectivity index (χ1v) is 14.4. The van der Waals surface area contributed by atoms with Crippen LogP contribution in [0.3, 0.4) is 0 Å². The Balaban J connectivity index is 0.000000156. The van der Waals surface area contributed by atoms with Crippen molar-refractivity contribution in [1.29, 1.82) is 0 Å². The van der Waals surface area contributed by atoms with Crippen molar-refractivity contribution >= 4 is 16.6 Å². The first-order valence-electron chi connectivity index (χ1n) is 14.4. The van der Waals surface area contributed by atoms with Crippen molar-refractivity contribution in [2.24, 2.45) is 5.92 Å². The van der Waals surface area contributed by atoms with E-state index in [1.54, 1.807) is 5.57 Å². The minimum Gasteiger partial charge on any atom is -0.528 e. The van der Waals surface area contributed by atoms with Crippen molar-refractivity contribution in [3.05, 3.63) is 108 Å². The Bertz CT molecular complexity index is 1730. The fourth-order valence-electron chi connectivity index (χ4n) is 6.63. The Hall–Kier alpha value is -3.53. The SMILES string of the molecule is CC1(C)Oc2ccc[c-]c2-c2ncccc21.CC1C=C(C2CCCC2)c2cccc3nc(-c4[c-]cccc4)n1c23.[Ir]. The van der Waals surface area contributed by atoms with Crippen LogP contribution in [0.5, 0.6) is 5.75 Å². The fraction of sp³-hybridized carbons (Fsp3) is 0.278. The molecule has 1 saturated carbocycles. The van der Waals surface area contributed by atoms with E-state index in [4.69, 9.17) is 9.72 Å². The van der Waals surface area contributed by atoms with Crippen LogP contribution in [0.25, 0.3) is 39.3 Å². The molecule has 1 radical (unpaired) electrons. The monoisotopic (exact) mass is 716 g/mol. The van der Waals surface area contributed by atoms with Gasteiger partial charge in [0.2, 0.25) is 0 Å². The van der Waals surface area contributed by atoms with Crippen molar-refractivity contribution in [2.75, 3.05) is 0 Å². The van der Waals surface area contributed by atoms with Crippen LogP contribution in [0, 0.1) is 18.1 Å². The van der Waals surface area contributed by atoms with E-state index in [-0.39, 0.29) is 25.7 Å². The number of para-hydroxylation sites is 1. The largest absolute Gasteiger partial charge is 0.528 e. The molecule has 5 aromatic rings. The molecule has 5 heteroatoms. The van der Waals surface area contributed by atoms with Gasteiger partial charge in [0.15, 0.2) is 0 Å². The third-order valence-corrected chi connectivity index (χ3v) is 8.47. The van der Waals surface area contributed by atoms with Crippen molar-refractivity contribution < 1.29 is 24.8 Å². The second kappa shape index (κ2) is 11.0. The molecule has 1 fully saturated rings. The molecule has 2 aliphatic heterocycles. The number of pyridine rings is 1. The van der Waals surface area contributed by atoms with Gasteiger partial charge in [-0.1, -0.05) is 42.7 Å². The molecular weight excluding hydrogens is 683 g/mol. The predicted octanol–water partition coefficient (Wildman–Crippen LogP) is 8.83. The molecule has 209 valence electrons. The molecule has 4 nitrogen and oxygen atoms in total. The van der Waals surface area contributed by atoms with Gasteiger partial charge in [-0.3, -0.25) is 4.98 Å². The molecule has 3 aromatic carbocycles. The topological polar surface area (TPSA) is 39.9 Å². The van der Waals surface area contributed by atoms with Crippen LogP contribution < -0.4 is 4.74 Å². The van der Waals surface area contributed by atoms with Crippen LogP contribution in [0.4, 0.5) is 0 Å². The quantitative estimate of drug-likeness (QED) is 0.172. The van der Waals surface area contributed by atoms with Gasteiger partial charge in [0, 0.05) is 43.7 Å². The number of fused-ring (bicyclic) bond motifs is 3. The number of ether oxygens (including phenoxy) is 1. The third kappa shape index (κ3) is 4.86. The molecule has 2 aromatic heterocycles. The summed E-state index contributed by atoms with van der Waals surface area (Å²) in [5.41, 5.74) is 9.16. The van der Waals surface area contributed by atoms with Crippen molar-refractivity contribution in [3.63, 3.8) is 0 Å². The molecule has 41 heavy (non-hydrogen) atoms. The van der Waals surface area contributed by atoms with Gasteiger partial charge in [-0.25, -0.2) is 0 Å². The van der Waals surface area contributed by atoms with Crippen LogP contribution in [-0.4, -0.2) is 14.5 Å². The number of hydrogen-bond acceptors (Lipinski definition) is 3. The van der Waals surface area contributed by atoms with Crippen LogP contribution in [0.15, 0.2) is 85.1 Å². The minimum atomic E-state index is -0.328. The Morgan fingerprint density at radius 2 is 1.76 bits per heavy atom. The van der Waals surface area contributed by atoms with Gasteiger partial charge in [0.1, 0.15) is 5.60 Å². The molecule has 1 aliphatic carbocycles. The summed E-state index contributed by atoms with van der Waals surface area (Å²) in [6, 6.07) is 31.4. The molecule has 0 amide bonds. The number of aromatic nitrogens is 3. The third-order valence-electron chi connectivity index (χ3n) is 8.47. The van der Waals surface area contributed by atoms with Gasteiger partial charge in [-0.15, -0.1) is 60.2 Å². The number of allylic oxidation sites excluding steroid dienone is 2. The number of hydrogen-bond donors (Lipinski definition) is 0.